The largest absolute Gasteiger partial charge is 0.463 e. The van der Waals surface area contributed by atoms with Gasteiger partial charge in [0.25, 0.3) is 0 Å². The maximum Gasteiger partial charge on any atom is 0.311 e. The van der Waals surface area contributed by atoms with Crippen LogP contribution >= 0.6 is 0 Å². The third-order valence-electron chi connectivity index (χ3n) is 5.30. The van der Waals surface area contributed by atoms with Gasteiger partial charge in [-0.25, -0.2) is 9.97 Å². The van der Waals surface area contributed by atoms with E-state index in [0.717, 1.165) is 63.4 Å². The van der Waals surface area contributed by atoms with E-state index in [2.05, 4.69) is 28.7 Å². The van der Waals surface area contributed by atoms with Crippen LogP contribution < -0.4 is 4.74 Å². The average Bonchev–Trinajstić information content (AvgIpc) is 2.79. The zero-order chi connectivity index (χ0) is 23.9. The number of aromatic nitrogens is 2. The Balaban J connectivity index is 1.72. The lowest BCUT2D eigenvalue weighted by Gasteiger charge is -2.11. The summed E-state index contributed by atoms with van der Waals surface area (Å²) in [7, 11) is 0. The standard InChI is InChI=1S/C27H36N2O4/c1-4-5-6-7-8-9-14-26(31)33-25-19-28-27(29-20-25)24-17-15-23(16-18-24)13-11-10-12-21(2)32-22(3)30/h4,15-21H,1,5-14H2,2-3H3. The van der Waals surface area contributed by atoms with Crippen molar-refractivity contribution in [2.75, 3.05) is 0 Å². The second kappa shape index (κ2) is 14.9. The third kappa shape index (κ3) is 10.9. The number of hydrogen-bond acceptors (Lipinski definition) is 6. The Labute approximate surface area is 197 Å². The summed E-state index contributed by atoms with van der Waals surface area (Å²) in [4.78, 5) is 31.6. The van der Waals surface area contributed by atoms with Gasteiger partial charge in [0, 0.05) is 18.9 Å². The van der Waals surface area contributed by atoms with Gasteiger partial charge in [0.1, 0.15) is 0 Å². The molecule has 0 aliphatic carbocycles. The number of rotatable bonds is 15. The average molecular weight is 453 g/mol. The van der Waals surface area contributed by atoms with Gasteiger partial charge in [0.05, 0.1) is 18.5 Å². The molecule has 0 bridgehead atoms. The first-order valence-corrected chi connectivity index (χ1v) is 11.9. The van der Waals surface area contributed by atoms with Gasteiger partial charge in [0.2, 0.25) is 0 Å². The van der Waals surface area contributed by atoms with Crippen LogP contribution in [-0.2, 0) is 20.7 Å². The maximum atomic E-state index is 12.0. The molecule has 1 heterocycles. The van der Waals surface area contributed by atoms with Crippen molar-refractivity contribution in [1.82, 2.24) is 9.97 Å². The highest BCUT2D eigenvalue weighted by Crippen LogP contribution is 2.19. The summed E-state index contributed by atoms with van der Waals surface area (Å²) in [5.41, 5.74) is 2.16. The quantitative estimate of drug-likeness (QED) is 0.181. The highest BCUT2D eigenvalue weighted by molar-refractivity contribution is 5.72. The van der Waals surface area contributed by atoms with E-state index < -0.39 is 0 Å². The number of allylic oxidation sites excluding steroid dienone is 1. The summed E-state index contributed by atoms with van der Waals surface area (Å²) in [6, 6.07) is 8.17. The van der Waals surface area contributed by atoms with Gasteiger partial charge in [0.15, 0.2) is 11.6 Å². The molecule has 0 fully saturated rings. The number of nitrogens with zero attached hydrogens (tertiary/aromatic N) is 2. The zero-order valence-corrected chi connectivity index (χ0v) is 19.9. The Hall–Kier alpha value is -3.02. The molecular weight excluding hydrogens is 416 g/mol. The molecule has 6 nitrogen and oxygen atoms in total. The molecule has 0 saturated heterocycles. The molecule has 1 aromatic carbocycles. The highest BCUT2D eigenvalue weighted by atomic mass is 16.5. The number of aryl methyl sites for hydroxylation is 1. The Morgan fingerprint density at radius 1 is 1.00 bits per heavy atom. The van der Waals surface area contributed by atoms with Gasteiger partial charge in [-0.15, -0.1) is 6.58 Å². The molecule has 1 aromatic heterocycles. The molecular formula is C27H36N2O4. The number of unbranched alkanes of at least 4 members (excludes halogenated alkanes) is 5. The Morgan fingerprint density at radius 3 is 2.36 bits per heavy atom. The lowest BCUT2D eigenvalue weighted by atomic mass is 10.0. The maximum absolute atomic E-state index is 12.0. The molecule has 33 heavy (non-hydrogen) atoms. The summed E-state index contributed by atoms with van der Waals surface area (Å²) < 4.78 is 10.5. The number of hydrogen-bond donors (Lipinski definition) is 0. The van der Waals surface area contributed by atoms with Gasteiger partial charge < -0.3 is 9.47 Å². The molecule has 2 rings (SSSR count). The van der Waals surface area contributed by atoms with Crippen molar-refractivity contribution in [3.8, 4) is 17.1 Å². The summed E-state index contributed by atoms with van der Waals surface area (Å²) >= 11 is 0. The fourth-order valence-corrected chi connectivity index (χ4v) is 3.54. The molecule has 6 heteroatoms. The van der Waals surface area contributed by atoms with Crippen LogP contribution in [0.5, 0.6) is 5.75 Å². The van der Waals surface area contributed by atoms with Crippen molar-refractivity contribution in [2.45, 2.75) is 84.2 Å². The van der Waals surface area contributed by atoms with Gasteiger partial charge in [-0.2, -0.15) is 0 Å². The monoisotopic (exact) mass is 452 g/mol. The van der Waals surface area contributed by atoms with E-state index >= 15 is 0 Å². The highest BCUT2D eigenvalue weighted by Gasteiger charge is 2.08. The van der Waals surface area contributed by atoms with Crippen LogP contribution in [0.4, 0.5) is 0 Å². The zero-order valence-electron chi connectivity index (χ0n) is 19.9. The lowest BCUT2D eigenvalue weighted by Crippen LogP contribution is -2.11. The molecule has 0 N–H and O–H groups in total. The van der Waals surface area contributed by atoms with Crippen LogP contribution in [0.15, 0.2) is 49.3 Å². The summed E-state index contributed by atoms with van der Waals surface area (Å²) in [5, 5.41) is 0. The van der Waals surface area contributed by atoms with Gasteiger partial charge in [-0.3, -0.25) is 9.59 Å². The van der Waals surface area contributed by atoms with Crippen molar-refractivity contribution < 1.29 is 19.1 Å². The SMILES string of the molecule is C=CCCCCCCC(=O)Oc1cnc(-c2ccc(CCCCC(C)OC(C)=O)cc2)nc1. The van der Waals surface area contributed by atoms with Crippen LogP contribution in [0.3, 0.4) is 0 Å². The van der Waals surface area contributed by atoms with Crippen LogP contribution in [0.1, 0.15) is 77.2 Å². The third-order valence-corrected chi connectivity index (χ3v) is 5.30. The summed E-state index contributed by atoms with van der Waals surface area (Å²) in [6.07, 6.45) is 14.4. The molecule has 1 atom stereocenters. The van der Waals surface area contributed by atoms with Crippen LogP contribution in [0.25, 0.3) is 11.4 Å². The molecule has 0 saturated carbocycles. The number of ether oxygens (including phenoxy) is 2. The molecule has 0 amide bonds. The lowest BCUT2D eigenvalue weighted by molar-refractivity contribution is -0.145. The fourth-order valence-electron chi connectivity index (χ4n) is 3.54. The van der Waals surface area contributed by atoms with Crippen molar-refractivity contribution >= 4 is 11.9 Å². The molecule has 0 aliphatic rings. The first-order valence-electron chi connectivity index (χ1n) is 11.9. The van der Waals surface area contributed by atoms with Gasteiger partial charge >= 0.3 is 11.9 Å². The van der Waals surface area contributed by atoms with Gasteiger partial charge in [-0.05, 0) is 57.4 Å². The molecule has 1 unspecified atom stereocenters. The minimum absolute atomic E-state index is 0.0309. The van der Waals surface area contributed by atoms with E-state index in [-0.39, 0.29) is 18.0 Å². The van der Waals surface area contributed by atoms with Crippen molar-refractivity contribution in [2.24, 2.45) is 0 Å². The molecule has 178 valence electrons. The van der Waals surface area contributed by atoms with E-state index in [1.165, 1.54) is 12.5 Å². The van der Waals surface area contributed by atoms with E-state index in [9.17, 15) is 9.59 Å². The first-order chi connectivity index (χ1) is 16.0. The van der Waals surface area contributed by atoms with Crippen LogP contribution in [-0.4, -0.2) is 28.0 Å². The van der Waals surface area contributed by atoms with Gasteiger partial charge in [-0.1, -0.05) is 43.2 Å². The topological polar surface area (TPSA) is 78.4 Å². The van der Waals surface area contributed by atoms with Crippen molar-refractivity contribution in [3.05, 3.63) is 54.9 Å². The van der Waals surface area contributed by atoms with Crippen LogP contribution in [0, 0.1) is 0 Å². The Morgan fingerprint density at radius 2 is 1.70 bits per heavy atom. The molecule has 0 spiro atoms. The Kier molecular flexibility index (Phi) is 11.9. The van der Waals surface area contributed by atoms with E-state index in [1.54, 1.807) is 12.4 Å². The number of benzene rings is 1. The second-order valence-corrected chi connectivity index (χ2v) is 8.32. The van der Waals surface area contributed by atoms with Crippen molar-refractivity contribution in [3.63, 3.8) is 0 Å². The smallest absolute Gasteiger partial charge is 0.311 e. The second-order valence-electron chi connectivity index (χ2n) is 8.32. The fraction of sp³-hybridized carbons (Fsp3) is 0.481. The van der Waals surface area contributed by atoms with Crippen molar-refractivity contribution in [1.29, 1.82) is 0 Å². The predicted molar refractivity (Wildman–Crippen MR) is 130 cm³/mol. The number of carbonyl (C=O) groups is 2. The number of esters is 2. The summed E-state index contributed by atoms with van der Waals surface area (Å²) in [6.45, 7) is 7.08. The van der Waals surface area contributed by atoms with E-state index in [4.69, 9.17) is 9.47 Å². The summed E-state index contributed by atoms with van der Waals surface area (Å²) in [5.74, 6) is 0.493. The predicted octanol–water partition coefficient (Wildman–Crippen LogP) is 6.24. The molecule has 0 radical (unpaired) electrons. The minimum Gasteiger partial charge on any atom is -0.463 e. The minimum atomic E-state index is -0.248. The molecule has 0 aliphatic heterocycles. The van der Waals surface area contributed by atoms with Crippen LogP contribution in [0.2, 0.25) is 0 Å². The molecule has 2 aromatic rings. The number of carbonyl (C=O) groups excluding carboxylic acids is 2. The normalized spacial score (nSPS) is 11.6. The Bertz CT molecular complexity index is 863. The van der Waals surface area contributed by atoms with E-state index in [0.29, 0.717) is 18.0 Å². The first kappa shape index (κ1) is 26.2. The van der Waals surface area contributed by atoms with E-state index in [1.807, 2.05) is 25.1 Å².